The summed E-state index contributed by atoms with van der Waals surface area (Å²) in [4.78, 5) is 14.7. The molecule has 1 aliphatic heterocycles. The Kier molecular flexibility index (Phi) is 6.86. The van der Waals surface area contributed by atoms with Crippen molar-refractivity contribution in [3.63, 3.8) is 0 Å². The van der Waals surface area contributed by atoms with Crippen molar-refractivity contribution in [1.82, 2.24) is 10.2 Å². The number of amides is 1. The molecule has 0 bridgehead atoms. The lowest BCUT2D eigenvalue weighted by atomic mass is 10.2. The van der Waals surface area contributed by atoms with Crippen LogP contribution < -0.4 is 10.1 Å². The minimum Gasteiger partial charge on any atom is -0.497 e. The zero-order valence-corrected chi connectivity index (χ0v) is 14.4. The number of nitrogens with zero attached hydrogens (tertiary/aromatic N) is 1. The second-order valence-corrected chi connectivity index (χ2v) is 5.98. The van der Waals surface area contributed by atoms with Crippen LogP contribution in [0, 0.1) is 0 Å². The first-order valence-electron chi connectivity index (χ1n) is 8.41. The van der Waals surface area contributed by atoms with Crippen LogP contribution in [0.15, 0.2) is 24.3 Å². The van der Waals surface area contributed by atoms with Crippen molar-refractivity contribution in [2.75, 3.05) is 26.7 Å². The third-order valence-electron chi connectivity index (χ3n) is 4.20. The van der Waals surface area contributed by atoms with Gasteiger partial charge < -0.3 is 19.7 Å². The highest BCUT2D eigenvalue weighted by molar-refractivity contribution is 5.81. The molecular formula is C18H28N2O3. The Bertz CT molecular complexity index is 501. The smallest absolute Gasteiger partial charge is 0.251 e. The Labute approximate surface area is 139 Å². The fraction of sp³-hybridized carbons (Fsp3) is 0.611. The predicted octanol–water partition coefficient (Wildman–Crippen LogP) is 2.20. The van der Waals surface area contributed by atoms with Gasteiger partial charge in [-0.3, -0.25) is 4.79 Å². The fourth-order valence-corrected chi connectivity index (χ4v) is 2.91. The van der Waals surface area contributed by atoms with Gasteiger partial charge in [-0.15, -0.1) is 0 Å². The van der Waals surface area contributed by atoms with Gasteiger partial charge in [-0.2, -0.15) is 0 Å². The summed E-state index contributed by atoms with van der Waals surface area (Å²) in [6.07, 6.45) is 1.55. The molecule has 1 saturated heterocycles. The molecule has 2 unspecified atom stereocenters. The van der Waals surface area contributed by atoms with Gasteiger partial charge in [0.1, 0.15) is 11.9 Å². The molecule has 1 aromatic rings. The van der Waals surface area contributed by atoms with Gasteiger partial charge in [-0.05, 0) is 44.0 Å². The normalized spacial score (nSPS) is 18.7. The number of rotatable bonds is 8. The molecule has 5 nitrogen and oxygen atoms in total. The highest BCUT2D eigenvalue weighted by atomic mass is 16.5. The molecule has 128 valence electrons. The highest BCUT2D eigenvalue weighted by Crippen LogP contribution is 2.16. The second-order valence-electron chi connectivity index (χ2n) is 5.98. The molecule has 0 aliphatic carbocycles. The number of ether oxygens (including phenoxy) is 2. The summed E-state index contributed by atoms with van der Waals surface area (Å²) in [7, 11) is 1.64. The molecular weight excluding hydrogens is 292 g/mol. The van der Waals surface area contributed by atoms with Crippen LogP contribution in [-0.2, 0) is 16.1 Å². The van der Waals surface area contributed by atoms with E-state index in [1.807, 2.05) is 36.1 Å². The van der Waals surface area contributed by atoms with Crippen LogP contribution in [0.2, 0.25) is 0 Å². The zero-order chi connectivity index (χ0) is 16.7. The third-order valence-corrected chi connectivity index (χ3v) is 4.20. The molecule has 1 N–H and O–H groups in total. The minimum atomic E-state index is -0.437. The van der Waals surface area contributed by atoms with E-state index >= 15 is 0 Å². The number of carbonyl (C=O) groups excluding carboxylic acids is 1. The average Bonchev–Trinajstić information content (AvgIpc) is 3.11. The third kappa shape index (κ3) is 4.94. The quantitative estimate of drug-likeness (QED) is 0.798. The summed E-state index contributed by atoms with van der Waals surface area (Å²) in [5.74, 6) is 0.887. The van der Waals surface area contributed by atoms with Gasteiger partial charge in [0.25, 0.3) is 5.91 Å². The van der Waals surface area contributed by atoms with Crippen molar-refractivity contribution >= 4 is 5.91 Å². The Morgan fingerprint density at radius 3 is 2.96 bits per heavy atom. The van der Waals surface area contributed by atoms with Crippen LogP contribution in [0.4, 0.5) is 0 Å². The van der Waals surface area contributed by atoms with E-state index in [0.29, 0.717) is 12.6 Å². The SMILES string of the molecule is CCCN(C(=O)C(C)OCc1cccc(OC)c1)C1CCNC1. The van der Waals surface area contributed by atoms with E-state index in [2.05, 4.69) is 12.2 Å². The lowest BCUT2D eigenvalue weighted by molar-refractivity contribution is -0.145. The van der Waals surface area contributed by atoms with Gasteiger partial charge in [0.05, 0.1) is 13.7 Å². The van der Waals surface area contributed by atoms with Crippen LogP contribution in [0.25, 0.3) is 0 Å². The summed E-state index contributed by atoms with van der Waals surface area (Å²) >= 11 is 0. The summed E-state index contributed by atoms with van der Waals surface area (Å²) in [6.45, 7) is 7.01. The lowest BCUT2D eigenvalue weighted by Crippen LogP contribution is -2.46. The summed E-state index contributed by atoms with van der Waals surface area (Å²) in [5.41, 5.74) is 1.01. The van der Waals surface area contributed by atoms with Gasteiger partial charge in [0.2, 0.25) is 0 Å². The molecule has 2 atom stereocenters. The molecule has 0 radical (unpaired) electrons. The van der Waals surface area contributed by atoms with Crippen LogP contribution >= 0.6 is 0 Å². The molecule has 0 spiro atoms. The predicted molar refractivity (Wildman–Crippen MR) is 90.5 cm³/mol. The maximum absolute atomic E-state index is 12.7. The molecule has 1 aromatic carbocycles. The van der Waals surface area contributed by atoms with Crippen molar-refractivity contribution in [3.05, 3.63) is 29.8 Å². The number of hydrogen-bond donors (Lipinski definition) is 1. The molecule has 0 saturated carbocycles. The van der Waals surface area contributed by atoms with Crippen molar-refractivity contribution in [2.45, 2.75) is 45.4 Å². The van der Waals surface area contributed by atoms with Crippen LogP contribution in [-0.4, -0.2) is 49.7 Å². The second kappa shape index (κ2) is 8.89. The van der Waals surface area contributed by atoms with Crippen molar-refractivity contribution in [3.8, 4) is 5.75 Å². The monoisotopic (exact) mass is 320 g/mol. The first-order chi connectivity index (χ1) is 11.2. The van der Waals surface area contributed by atoms with Gasteiger partial charge >= 0.3 is 0 Å². The van der Waals surface area contributed by atoms with Crippen LogP contribution in [0.5, 0.6) is 5.75 Å². The standard InChI is InChI=1S/C18H28N2O3/c1-4-10-20(16-8-9-19-12-16)18(21)14(2)23-13-15-6-5-7-17(11-15)22-3/h5-7,11,14,16,19H,4,8-10,12-13H2,1-3H3. The van der Waals surface area contributed by atoms with Gasteiger partial charge in [0, 0.05) is 19.1 Å². The molecule has 1 heterocycles. The fourth-order valence-electron chi connectivity index (χ4n) is 2.91. The molecule has 0 aromatic heterocycles. The lowest BCUT2D eigenvalue weighted by Gasteiger charge is -2.30. The number of carbonyl (C=O) groups is 1. The summed E-state index contributed by atoms with van der Waals surface area (Å²) < 4.78 is 11.0. The highest BCUT2D eigenvalue weighted by Gasteiger charge is 2.29. The van der Waals surface area contributed by atoms with E-state index in [9.17, 15) is 4.79 Å². The average molecular weight is 320 g/mol. The van der Waals surface area contributed by atoms with Crippen molar-refractivity contribution in [1.29, 1.82) is 0 Å². The van der Waals surface area contributed by atoms with Crippen molar-refractivity contribution in [2.24, 2.45) is 0 Å². The van der Waals surface area contributed by atoms with E-state index in [1.54, 1.807) is 7.11 Å². The first kappa shape index (κ1) is 17.8. The molecule has 23 heavy (non-hydrogen) atoms. The number of hydrogen-bond acceptors (Lipinski definition) is 4. The van der Waals surface area contributed by atoms with E-state index in [4.69, 9.17) is 9.47 Å². The van der Waals surface area contributed by atoms with E-state index in [-0.39, 0.29) is 5.91 Å². The van der Waals surface area contributed by atoms with E-state index in [0.717, 1.165) is 43.8 Å². The first-order valence-corrected chi connectivity index (χ1v) is 8.41. The maximum Gasteiger partial charge on any atom is 0.251 e. The maximum atomic E-state index is 12.7. The van der Waals surface area contributed by atoms with E-state index in [1.165, 1.54) is 0 Å². The topological polar surface area (TPSA) is 50.8 Å². The van der Waals surface area contributed by atoms with Crippen LogP contribution in [0.3, 0.4) is 0 Å². The molecule has 1 aliphatic rings. The molecule has 1 amide bonds. The Hall–Kier alpha value is -1.59. The Morgan fingerprint density at radius 2 is 2.30 bits per heavy atom. The van der Waals surface area contributed by atoms with Gasteiger partial charge in [-0.1, -0.05) is 19.1 Å². The molecule has 5 heteroatoms. The number of methoxy groups -OCH3 is 1. The minimum absolute atomic E-state index is 0.0865. The summed E-state index contributed by atoms with van der Waals surface area (Å²) in [5, 5.41) is 3.33. The van der Waals surface area contributed by atoms with Crippen molar-refractivity contribution < 1.29 is 14.3 Å². The largest absolute Gasteiger partial charge is 0.497 e. The molecule has 2 rings (SSSR count). The van der Waals surface area contributed by atoms with Gasteiger partial charge in [0.15, 0.2) is 0 Å². The van der Waals surface area contributed by atoms with E-state index < -0.39 is 6.10 Å². The molecule has 1 fully saturated rings. The zero-order valence-electron chi connectivity index (χ0n) is 14.4. The van der Waals surface area contributed by atoms with Crippen LogP contribution in [0.1, 0.15) is 32.3 Å². The number of benzene rings is 1. The summed E-state index contributed by atoms with van der Waals surface area (Å²) in [6, 6.07) is 8.03. The number of nitrogens with one attached hydrogen (secondary N) is 1. The Balaban J connectivity index is 1.91. The van der Waals surface area contributed by atoms with Gasteiger partial charge in [-0.25, -0.2) is 0 Å². The Morgan fingerprint density at radius 1 is 1.48 bits per heavy atom.